The average molecular weight is 211 g/mol. The molecule has 4 heteroatoms. The fraction of sp³-hybridized carbons (Fsp3) is 0.545. The highest BCUT2D eigenvalue weighted by Crippen LogP contribution is 2.10. The van der Waals surface area contributed by atoms with Gasteiger partial charge in [0.25, 0.3) is 0 Å². The van der Waals surface area contributed by atoms with Crippen LogP contribution in [0.25, 0.3) is 0 Å². The summed E-state index contributed by atoms with van der Waals surface area (Å²) in [5.41, 5.74) is 0.609. The van der Waals surface area contributed by atoms with E-state index in [1.165, 1.54) is 0 Å². The topological polar surface area (TPSA) is 51.6 Å². The maximum atomic E-state index is 8.86. The van der Waals surface area contributed by atoms with Crippen molar-refractivity contribution in [1.82, 2.24) is 4.98 Å². The van der Waals surface area contributed by atoms with Crippen LogP contribution < -0.4 is 4.74 Å². The van der Waals surface area contributed by atoms with Crippen molar-refractivity contribution in [3.8, 4) is 5.75 Å². The van der Waals surface area contributed by atoms with Crippen molar-refractivity contribution in [2.45, 2.75) is 26.6 Å². The number of rotatable bonds is 6. The molecule has 0 unspecified atom stereocenters. The van der Waals surface area contributed by atoms with Crippen molar-refractivity contribution in [3.05, 3.63) is 24.0 Å². The minimum Gasteiger partial charge on any atom is -0.491 e. The summed E-state index contributed by atoms with van der Waals surface area (Å²) in [6.45, 7) is 4.97. The van der Waals surface area contributed by atoms with Crippen LogP contribution in [-0.4, -0.2) is 29.4 Å². The Hall–Kier alpha value is -1.13. The normalized spacial score (nSPS) is 10.7. The molecule has 0 saturated carbocycles. The van der Waals surface area contributed by atoms with Crippen LogP contribution in [0, 0.1) is 0 Å². The van der Waals surface area contributed by atoms with Gasteiger partial charge in [-0.3, -0.25) is 4.98 Å². The summed E-state index contributed by atoms with van der Waals surface area (Å²) < 4.78 is 10.8. The lowest BCUT2D eigenvalue weighted by Crippen LogP contribution is -2.11. The lowest BCUT2D eigenvalue weighted by molar-refractivity contribution is 0.0552. The second-order valence-corrected chi connectivity index (χ2v) is 3.41. The smallest absolute Gasteiger partial charge is 0.122 e. The number of aliphatic hydroxyl groups excluding tert-OH is 1. The lowest BCUT2D eigenvalue weighted by atomic mass is 10.3. The van der Waals surface area contributed by atoms with Crippen molar-refractivity contribution in [2.75, 3.05) is 13.2 Å². The van der Waals surface area contributed by atoms with Gasteiger partial charge in [-0.2, -0.15) is 0 Å². The third-order valence-corrected chi connectivity index (χ3v) is 1.75. The molecule has 0 atom stereocenters. The Morgan fingerprint density at radius 3 is 2.87 bits per heavy atom. The van der Waals surface area contributed by atoms with E-state index in [4.69, 9.17) is 14.6 Å². The molecule has 15 heavy (non-hydrogen) atoms. The molecule has 84 valence electrons. The molecule has 0 aromatic carbocycles. The average Bonchev–Trinajstić information content (AvgIpc) is 2.24. The van der Waals surface area contributed by atoms with Gasteiger partial charge in [0.2, 0.25) is 0 Å². The van der Waals surface area contributed by atoms with E-state index in [0.717, 1.165) is 0 Å². The quantitative estimate of drug-likeness (QED) is 0.722. The Labute approximate surface area is 89.9 Å². The summed E-state index contributed by atoms with van der Waals surface area (Å²) in [5.74, 6) is 0.710. The zero-order valence-corrected chi connectivity index (χ0v) is 9.14. The van der Waals surface area contributed by atoms with Crippen molar-refractivity contribution in [2.24, 2.45) is 0 Å². The van der Waals surface area contributed by atoms with Gasteiger partial charge in [0, 0.05) is 12.3 Å². The van der Waals surface area contributed by atoms with Gasteiger partial charge in [0.15, 0.2) is 0 Å². The van der Waals surface area contributed by atoms with Gasteiger partial charge in [0.1, 0.15) is 12.4 Å². The van der Waals surface area contributed by atoms with Crippen LogP contribution in [0.4, 0.5) is 0 Å². The number of ether oxygens (including phenoxy) is 2. The molecule has 1 rings (SSSR count). The maximum Gasteiger partial charge on any atom is 0.122 e. The number of aromatic nitrogens is 1. The summed E-state index contributed by atoms with van der Waals surface area (Å²) >= 11 is 0. The molecule has 0 aliphatic rings. The first-order chi connectivity index (χ1) is 7.22. The van der Waals surface area contributed by atoms with Crippen LogP contribution in [0.1, 0.15) is 19.5 Å². The molecule has 0 aliphatic heterocycles. The van der Waals surface area contributed by atoms with E-state index in [1.54, 1.807) is 18.3 Å². The third kappa shape index (κ3) is 4.76. The number of hydrogen-bond acceptors (Lipinski definition) is 4. The first kappa shape index (κ1) is 11.9. The second kappa shape index (κ2) is 6.37. The van der Waals surface area contributed by atoms with Crippen LogP contribution in [0.5, 0.6) is 5.75 Å². The Bertz CT molecular complexity index is 289. The summed E-state index contributed by atoms with van der Waals surface area (Å²) in [6, 6.07) is 3.48. The molecule has 0 saturated heterocycles. The van der Waals surface area contributed by atoms with Crippen molar-refractivity contribution >= 4 is 0 Å². The standard InChI is InChI=1S/C11H17NO3/c1-9(2)14-5-6-15-11-3-4-12-10(7-11)8-13/h3-4,7,9,13H,5-6,8H2,1-2H3. The van der Waals surface area contributed by atoms with Gasteiger partial charge in [-0.05, 0) is 19.9 Å². The van der Waals surface area contributed by atoms with E-state index in [-0.39, 0.29) is 12.7 Å². The van der Waals surface area contributed by atoms with Crippen LogP contribution >= 0.6 is 0 Å². The van der Waals surface area contributed by atoms with Crippen molar-refractivity contribution in [3.63, 3.8) is 0 Å². The summed E-state index contributed by atoms with van der Waals surface area (Å²) in [7, 11) is 0. The zero-order chi connectivity index (χ0) is 11.1. The van der Waals surface area contributed by atoms with Gasteiger partial charge in [-0.15, -0.1) is 0 Å². The van der Waals surface area contributed by atoms with E-state index < -0.39 is 0 Å². The molecule has 0 radical (unpaired) electrons. The zero-order valence-electron chi connectivity index (χ0n) is 9.14. The molecule has 1 heterocycles. The third-order valence-electron chi connectivity index (χ3n) is 1.75. The highest BCUT2D eigenvalue weighted by molar-refractivity contribution is 5.22. The lowest BCUT2D eigenvalue weighted by Gasteiger charge is -2.09. The minimum atomic E-state index is -0.0697. The molecule has 0 amide bonds. The van der Waals surface area contributed by atoms with E-state index in [9.17, 15) is 0 Å². The maximum absolute atomic E-state index is 8.86. The molecular weight excluding hydrogens is 194 g/mol. The number of hydrogen-bond donors (Lipinski definition) is 1. The van der Waals surface area contributed by atoms with Crippen LogP contribution in [0.3, 0.4) is 0 Å². The molecule has 0 spiro atoms. The molecule has 4 nitrogen and oxygen atoms in total. The first-order valence-corrected chi connectivity index (χ1v) is 5.02. The van der Waals surface area contributed by atoms with E-state index in [2.05, 4.69) is 4.98 Å². The summed E-state index contributed by atoms with van der Waals surface area (Å²) in [6.07, 6.45) is 1.84. The van der Waals surface area contributed by atoms with E-state index >= 15 is 0 Å². The first-order valence-electron chi connectivity index (χ1n) is 5.02. The molecule has 0 aliphatic carbocycles. The molecular formula is C11H17NO3. The predicted octanol–water partition coefficient (Wildman–Crippen LogP) is 1.38. The van der Waals surface area contributed by atoms with Crippen molar-refractivity contribution < 1.29 is 14.6 Å². The number of aliphatic hydroxyl groups is 1. The van der Waals surface area contributed by atoms with Gasteiger partial charge >= 0.3 is 0 Å². The molecule has 0 fully saturated rings. The highest BCUT2D eigenvalue weighted by atomic mass is 16.5. The molecule has 1 N–H and O–H groups in total. The van der Waals surface area contributed by atoms with Crippen molar-refractivity contribution in [1.29, 1.82) is 0 Å². The summed E-state index contributed by atoms with van der Waals surface area (Å²) in [5, 5.41) is 8.86. The van der Waals surface area contributed by atoms with Crippen LogP contribution in [0.15, 0.2) is 18.3 Å². The highest BCUT2D eigenvalue weighted by Gasteiger charge is 1.98. The molecule has 0 bridgehead atoms. The fourth-order valence-corrected chi connectivity index (χ4v) is 1.08. The molecule has 1 aromatic heterocycles. The fourth-order valence-electron chi connectivity index (χ4n) is 1.08. The second-order valence-electron chi connectivity index (χ2n) is 3.41. The summed E-state index contributed by atoms with van der Waals surface area (Å²) in [4.78, 5) is 3.95. The Balaban J connectivity index is 2.30. The molecule has 1 aromatic rings. The van der Waals surface area contributed by atoms with Crippen LogP contribution in [-0.2, 0) is 11.3 Å². The van der Waals surface area contributed by atoms with Gasteiger partial charge in [-0.25, -0.2) is 0 Å². The van der Waals surface area contributed by atoms with Gasteiger partial charge in [-0.1, -0.05) is 0 Å². The van der Waals surface area contributed by atoms with E-state index in [0.29, 0.717) is 24.7 Å². The largest absolute Gasteiger partial charge is 0.491 e. The predicted molar refractivity (Wildman–Crippen MR) is 56.7 cm³/mol. The Morgan fingerprint density at radius 1 is 1.40 bits per heavy atom. The SMILES string of the molecule is CC(C)OCCOc1ccnc(CO)c1. The minimum absolute atomic E-state index is 0.0697. The van der Waals surface area contributed by atoms with Gasteiger partial charge in [0.05, 0.1) is 25.0 Å². The van der Waals surface area contributed by atoms with Gasteiger partial charge < -0.3 is 14.6 Å². The Kier molecular flexibility index (Phi) is 5.07. The van der Waals surface area contributed by atoms with Crippen LogP contribution in [0.2, 0.25) is 0 Å². The van der Waals surface area contributed by atoms with E-state index in [1.807, 2.05) is 13.8 Å². The Morgan fingerprint density at radius 2 is 2.20 bits per heavy atom. The number of nitrogens with zero attached hydrogens (tertiary/aromatic N) is 1. The number of pyridine rings is 1. The monoisotopic (exact) mass is 211 g/mol.